The Kier molecular flexibility index (Phi) is 10.4. The quantitative estimate of drug-likeness (QED) is 0.295. The molecule has 0 radical (unpaired) electrons. The van der Waals surface area contributed by atoms with Gasteiger partial charge in [-0.15, -0.1) is 0 Å². The van der Waals surface area contributed by atoms with Gasteiger partial charge in [0.05, 0.1) is 19.1 Å². The third-order valence-corrected chi connectivity index (χ3v) is 4.47. The van der Waals surface area contributed by atoms with E-state index in [1.807, 2.05) is 13.8 Å². The van der Waals surface area contributed by atoms with Crippen LogP contribution in [0.5, 0.6) is 0 Å². The lowest BCUT2D eigenvalue weighted by atomic mass is 10.0. The predicted octanol–water partition coefficient (Wildman–Crippen LogP) is -0.116. The molecule has 0 aliphatic carbocycles. The number of rotatable bonds is 13. The molecule has 0 saturated carbocycles. The first-order valence-corrected chi connectivity index (χ1v) is 9.90. The molecule has 28 heavy (non-hydrogen) atoms. The van der Waals surface area contributed by atoms with Crippen LogP contribution in [0.15, 0.2) is 0 Å². The average molecular weight is 396 g/mol. The number of imide groups is 1. The number of unbranched alkanes of at least 4 members (excludes halogenated alkanes) is 1. The number of nitrogens with one attached hydrogen (secondary N) is 3. The SMILES string of the molecule is CCC(=O)[C@H](CCCCN1C(=O)CCC1=O)NC(=O)CNC(=O)CNC(C)C. The molecule has 1 rings (SSSR count). The number of hydrogen-bond acceptors (Lipinski definition) is 6. The van der Waals surface area contributed by atoms with Gasteiger partial charge in [-0.1, -0.05) is 20.8 Å². The smallest absolute Gasteiger partial charge is 0.239 e. The van der Waals surface area contributed by atoms with E-state index in [4.69, 9.17) is 0 Å². The fourth-order valence-corrected chi connectivity index (χ4v) is 2.83. The predicted molar refractivity (Wildman–Crippen MR) is 103 cm³/mol. The van der Waals surface area contributed by atoms with E-state index in [-0.39, 0.29) is 55.5 Å². The zero-order chi connectivity index (χ0) is 21.1. The Hall–Kier alpha value is -2.29. The molecule has 1 atom stereocenters. The summed E-state index contributed by atoms with van der Waals surface area (Å²) < 4.78 is 0. The van der Waals surface area contributed by atoms with Crippen LogP contribution in [0.3, 0.4) is 0 Å². The number of carbonyl (C=O) groups excluding carboxylic acids is 5. The van der Waals surface area contributed by atoms with Crippen molar-refractivity contribution in [2.24, 2.45) is 0 Å². The van der Waals surface area contributed by atoms with E-state index < -0.39 is 11.9 Å². The van der Waals surface area contributed by atoms with Gasteiger partial charge in [0.1, 0.15) is 0 Å². The molecule has 0 spiro atoms. The van der Waals surface area contributed by atoms with Crippen LogP contribution >= 0.6 is 0 Å². The molecule has 9 heteroatoms. The molecule has 1 fully saturated rings. The van der Waals surface area contributed by atoms with Crippen LogP contribution in [-0.2, 0) is 24.0 Å². The maximum atomic E-state index is 12.1. The third kappa shape index (κ3) is 8.60. The number of hydrogen-bond donors (Lipinski definition) is 3. The number of amides is 4. The van der Waals surface area contributed by atoms with Gasteiger partial charge in [0.15, 0.2) is 5.78 Å². The lowest BCUT2D eigenvalue weighted by Crippen LogP contribution is -2.47. The largest absolute Gasteiger partial charge is 0.346 e. The molecule has 1 saturated heterocycles. The minimum atomic E-state index is -0.631. The standard InChI is InChI=1S/C19H32N4O5/c1-4-15(24)14(7-5-6-10-23-18(27)8-9-19(23)28)22-17(26)12-21-16(25)11-20-13(2)3/h13-14,20H,4-12H2,1-3H3,(H,21,25)(H,22,26)/t14-/m0/s1. The van der Waals surface area contributed by atoms with E-state index in [0.717, 1.165) is 0 Å². The summed E-state index contributed by atoms with van der Waals surface area (Å²) in [6, 6.07) is -0.467. The summed E-state index contributed by atoms with van der Waals surface area (Å²) in [5.41, 5.74) is 0. The van der Waals surface area contributed by atoms with Crippen molar-refractivity contribution in [3.63, 3.8) is 0 Å². The van der Waals surface area contributed by atoms with Crippen molar-refractivity contribution in [3.05, 3.63) is 0 Å². The molecule has 0 aromatic carbocycles. The summed E-state index contributed by atoms with van der Waals surface area (Å²) >= 11 is 0. The van der Waals surface area contributed by atoms with Gasteiger partial charge in [0, 0.05) is 31.8 Å². The lowest BCUT2D eigenvalue weighted by Gasteiger charge is -2.18. The minimum Gasteiger partial charge on any atom is -0.346 e. The maximum Gasteiger partial charge on any atom is 0.239 e. The first kappa shape index (κ1) is 23.7. The van der Waals surface area contributed by atoms with Crippen molar-refractivity contribution < 1.29 is 24.0 Å². The zero-order valence-electron chi connectivity index (χ0n) is 17.0. The molecule has 0 aromatic heterocycles. The summed E-state index contributed by atoms with van der Waals surface area (Å²) in [7, 11) is 0. The van der Waals surface area contributed by atoms with Gasteiger partial charge in [0.2, 0.25) is 23.6 Å². The Morgan fingerprint density at radius 1 is 1.00 bits per heavy atom. The number of likely N-dealkylation sites (tertiary alicyclic amines) is 1. The lowest BCUT2D eigenvalue weighted by molar-refractivity contribution is -0.138. The van der Waals surface area contributed by atoms with E-state index in [2.05, 4.69) is 16.0 Å². The van der Waals surface area contributed by atoms with E-state index in [9.17, 15) is 24.0 Å². The Morgan fingerprint density at radius 3 is 2.21 bits per heavy atom. The van der Waals surface area contributed by atoms with Crippen molar-refractivity contribution in [2.75, 3.05) is 19.6 Å². The average Bonchev–Trinajstić information content (AvgIpc) is 2.98. The summed E-state index contributed by atoms with van der Waals surface area (Å²) in [5.74, 6) is -1.10. The fraction of sp³-hybridized carbons (Fsp3) is 0.737. The molecule has 0 aromatic rings. The first-order valence-electron chi connectivity index (χ1n) is 9.90. The van der Waals surface area contributed by atoms with Crippen LogP contribution < -0.4 is 16.0 Å². The maximum absolute atomic E-state index is 12.1. The van der Waals surface area contributed by atoms with E-state index in [1.54, 1.807) is 6.92 Å². The van der Waals surface area contributed by atoms with Crippen LogP contribution in [0, 0.1) is 0 Å². The molecule has 4 amide bonds. The molecular weight excluding hydrogens is 364 g/mol. The van der Waals surface area contributed by atoms with Crippen LogP contribution in [0.1, 0.15) is 59.3 Å². The summed E-state index contributed by atoms with van der Waals surface area (Å²) in [5, 5.41) is 8.12. The van der Waals surface area contributed by atoms with Crippen molar-refractivity contribution in [2.45, 2.75) is 71.4 Å². The fourth-order valence-electron chi connectivity index (χ4n) is 2.83. The zero-order valence-corrected chi connectivity index (χ0v) is 17.0. The summed E-state index contributed by atoms with van der Waals surface area (Å²) in [6.07, 6.45) is 2.43. The second kappa shape index (κ2) is 12.2. The normalized spacial score (nSPS) is 15.1. The van der Waals surface area contributed by atoms with Crippen molar-refractivity contribution in [1.82, 2.24) is 20.9 Å². The second-order valence-corrected chi connectivity index (χ2v) is 7.19. The topological polar surface area (TPSA) is 125 Å². The van der Waals surface area contributed by atoms with Crippen LogP contribution in [0.25, 0.3) is 0 Å². The summed E-state index contributed by atoms with van der Waals surface area (Å²) in [4.78, 5) is 60.2. The Labute approximate surface area is 166 Å². The summed E-state index contributed by atoms with van der Waals surface area (Å²) in [6.45, 7) is 5.83. The third-order valence-electron chi connectivity index (χ3n) is 4.47. The van der Waals surface area contributed by atoms with Gasteiger partial charge in [-0.2, -0.15) is 0 Å². The van der Waals surface area contributed by atoms with Gasteiger partial charge in [-0.05, 0) is 19.3 Å². The van der Waals surface area contributed by atoms with Crippen molar-refractivity contribution in [1.29, 1.82) is 0 Å². The molecular formula is C19H32N4O5. The molecule has 1 heterocycles. The molecule has 0 unspecified atom stereocenters. The number of carbonyl (C=O) groups is 5. The van der Waals surface area contributed by atoms with Gasteiger partial charge >= 0.3 is 0 Å². The Morgan fingerprint density at radius 2 is 1.64 bits per heavy atom. The number of nitrogens with zero attached hydrogens (tertiary/aromatic N) is 1. The van der Waals surface area contributed by atoms with Gasteiger partial charge < -0.3 is 16.0 Å². The molecule has 158 valence electrons. The highest BCUT2D eigenvalue weighted by atomic mass is 16.2. The molecule has 0 bridgehead atoms. The highest BCUT2D eigenvalue weighted by Gasteiger charge is 2.28. The Balaban J connectivity index is 2.36. The van der Waals surface area contributed by atoms with Crippen LogP contribution in [-0.4, -0.2) is 66.0 Å². The van der Waals surface area contributed by atoms with E-state index in [0.29, 0.717) is 32.2 Å². The highest BCUT2D eigenvalue weighted by molar-refractivity contribution is 6.01. The number of ketones is 1. The van der Waals surface area contributed by atoms with Crippen molar-refractivity contribution in [3.8, 4) is 0 Å². The Bertz CT molecular complexity index is 575. The van der Waals surface area contributed by atoms with E-state index >= 15 is 0 Å². The molecule has 1 aliphatic rings. The van der Waals surface area contributed by atoms with Gasteiger partial charge in [-0.3, -0.25) is 28.9 Å². The minimum absolute atomic E-state index is 0.0884. The highest BCUT2D eigenvalue weighted by Crippen LogP contribution is 2.13. The van der Waals surface area contributed by atoms with Crippen molar-refractivity contribution >= 4 is 29.4 Å². The first-order chi connectivity index (χ1) is 13.2. The van der Waals surface area contributed by atoms with Gasteiger partial charge in [-0.25, -0.2) is 0 Å². The molecule has 1 aliphatic heterocycles. The van der Waals surface area contributed by atoms with E-state index in [1.165, 1.54) is 4.90 Å². The monoisotopic (exact) mass is 396 g/mol. The molecule has 3 N–H and O–H groups in total. The second-order valence-electron chi connectivity index (χ2n) is 7.19. The van der Waals surface area contributed by atoms with Crippen LogP contribution in [0.4, 0.5) is 0 Å². The van der Waals surface area contributed by atoms with Gasteiger partial charge in [0.25, 0.3) is 0 Å². The number of Topliss-reactive ketones (excluding diaryl/α,β-unsaturated/α-hetero) is 1. The molecule has 9 nitrogen and oxygen atoms in total. The van der Waals surface area contributed by atoms with Crippen LogP contribution in [0.2, 0.25) is 0 Å².